The number of hydrogen-bond donors (Lipinski definition) is 2. The van der Waals surface area contributed by atoms with Gasteiger partial charge in [0.15, 0.2) is 17.4 Å². The minimum atomic E-state index is -4.57. The molecule has 7 nitrogen and oxygen atoms in total. The average molecular weight is 494 g/mol. The average Bonchev–Trinajstić information content (AvgIpc) is 2.81. The van der Waals surface area contributed by atoms with Gasteiger partial charge in [0.25, 0.3) is 5.91 Å². The van der Waals surface area contributed by atoms with Gasteiger partial charge in [-0.05, 0) is 43.2 Å². The highest BCUT2D eigenvalue weighted by Crippen LogP contribution is 2.30. The largest absolute Gasteiger partial charge is 0.493 e. The van der Waals surface area contributed by atoms with Crippen LogP contribution in [-0.4, -0.2) is 41.8 Å². The van der Waals surface area contributed by atoms with Crippen molar-refractivity contribution in [3.8, 4) is 22.8 Å². The summed E-state index contributed by atoms with van der Waals surface area (Å²) in [5.41, 5.74) is 0.422. The summed E-state index contributed by atoms with van der Waals surface area (Å²) in [6.45, 7) is -1.25. The number of carbonyl (C=O) groups is 1. The van der Waals surface area contributed by atoms with E-state index in [1.165, 1.54) is 30.3 Å². The van der Waals surface area contributed by atoms with E-state index in [4.69, 9.17) is 9.47 Å². The molecule has 2 heterocycles. The lowest BCUT2D eigenvalue weighted by Crippen LogP contribution is -2.34. The van der Waals surface area contributed by atoms with E-state index in [0.29, 0.717) is 18.5 Å². The van der Waals surface area contributed by atoms with Crippen LogP contribution in [0.3, 0.4) is 0 Å². The molecular weight excluding hydrogens is 475 g/mol. The smallest absolute Gasteiger partial charge is 0.405 e. The van der Waals surface area contributed by atoms with Gasteiger partial charge in [0.2, 0.25) is 5.95 Å². The fourth-order valence-corrected chi connectivity index (χ4v) is 3.27. The topological polar surface area (TPSA) is 85.4 Å². The van der Waals surface area contributed by atoms with Gasteiger partial charge in [-0.3, -0.25) is 4.79 Å². The van der Waals surface area contributed by atoms with Crippen LogP contribution < -0.4 is 20.1 Å². The Hall–Kier alpha value is -3.96. The van der Waals surface area contributed by atoms with Gasteiger partial charge in [0, 0.05) is 17.3 Å². The molecule has 12 heteroatoms. The first-order chi connectivity index (χ1) is 16.7. The van der Waals surface area contributed by atoms with E-state index in [0.717, 1.165) is 12.3 Å². The standard InChI is InChI=1S/C23H19F5N4O3/c24-16-6-3-13-9-19(16)35-8-2-1-7-34-18-10-14(31-22-29-11-17(25)20(13)32-22)4-5-15(18)21(33)30-12-23(26,27)28/h3-6,9-11H,1-2,7-8,12H2,(H,30,33)(H,29,31,32). The lowest BCUT2D eigenvalue weighted by Gasteiger charge is -2.16. The summed E-state index contributed by atoms with van der Waals surface area (Å²) >= 11 is 0. The molecule has 0 spiro atoms. The van der Waals surface area contributed by atoms with Crippen molar-refractivity contribution in [1.82, 2.24) is 15.3 Å². The van der Waals surface area contributed by atoms with Gasteiger partial charge in [-0.15, -0.1) is 0 Å². The number of nitrogens with one attached hydrogen (secondary N) is 2. The molecule has 0 atom stereocenters. The summed E-state index contributed by atoms with van der Waals surface area (Å²) in [6, 6.07) is 7.99. The number of benzene rings is 2. The highest BCUT2D eigenvalue weighted by atomic mass is 19.4. The number of halogens is 5. The summed E-state index contributed by atoms with van der Waals surface area (Å²) < 4.78 is 77.3. The Balaban J connectivity index is 1.68. The Labute approximate surface area is 196 Å². The number of rotatable bonds is 2. The number of nitrogens with zero attached hydrogens (tertiary/aromatic N) is 2. The first-order valence-corrected chi connectivity index (χ1v) is 10.5. The van der Waals surface area contributed by atoms with Gasteiger partial charge in [-0.2, -0.15) is 13.2 Å². The number of carbonyl (C=O) groups excluding carboxylic acids is 1. The monoisotopic (exact) mass is 494 g/mol. The molecule has 0 radical (unpaired) electrons. The molecule has 1 aromatic heterocycles. The molecule has 3 aromatic rings. The molecule has 35 heavy (non-hydrogen) atoms. The van der Waals surface area contributed by atoms with Gasteiger partial charge in [-0.1, -0.05) is 0 Å². The second kappa shape index (κ2) is 10.1. The Morgan fingerprint density at radius 1 is 1.00 bits per heavy atom. The van der Waals surface area contributed by atoms with Crippen LogP contribution in [0.25, 0.3) is 11.3 Å². The van der Waals surface area contributed by atoms with Gasteiger partial charge in [0.05, 0.1) is 25.0 Å². The predicted molar refractivity (Wildman–Crippen MR) is 116 cm³/mol. The highest BCUT2D eigenvalue weighted by Gasteiger charge is 2.28. The zero-order valence-electron chi connectivity index (χ0n) is 18.1. The van der Waals surface area contributed by atoms with Crippen molar-refractivity contribution in [3.63, 3.8) is 0 Å². The van der Waals surface area contributed by atoms with Gasteiger partial charge < -0.3 is 20.1 Å². The molecular formula is C23H19F5N4O3. The minimum absolute atomic E-state index is 0.0134. The Kier molecular flexibility index (Phi) is 6.99. The maximum absolute atomic E-state index is 14.5. The van der Waals surface area contributed by atoms with Crippen LogP contribution in [-0.2, 0) is 0 Å². The molecule has 1 amide bonds. The van der Waals surface area contributed by atoms with Crippen molar-refractivity contribution in [3.05, 3.63) is 59.8 Å². The first-order valence-electron chi connectivity index (χ1n) is 10.5. The van der Waals surface area contributed by atoms with Crippen molar-refractivity contribution in [1.29, 1.82) is 0 Å². The van der Waals surface area contributed by atoms with E-state index in [1.54, 1.807) is 0 Å². The molecule has 2 aromatic carbocycles. The number of aromatic nitrogens is 2. The zero-order valence-corrected chi connectivity index (χ0v) is 18.1. The SMILES string of the molecule is O=C(NCC(F)(F)F)c1ccc2cc1OCCCCOc1cc(ccc1F)-c1nc(ncc1F)N2. The van der Waals surface area contributed by atoms with E-state index >= 15 is 0 Å². The summed E-state index contributed by atoms with van der Waals surface area (Å²) in [4.78, 5) is 20.4. The van der Waals surface area contributed by atoms with Crippen molar-refractivity contribution in [2.75, 3.05) is 25.1 Å². The van der Waals surface area contributed by atoms with Gasteiger partial charge in [0.1, 0.15) is 18.0 Å². The molecule has 0 unspecified atom stereocenters. The highest BCUT2D eigenvalue weighted by molar-refractivity contribution is 5.97. The Bertz CT molecular complexity index is 1240. The molecule has 0 saturated heterocycles. The molecule has 184 valence electrons. The Morgan fingerprint density at radius 3 is 2.49 bits per heavy atom. The van der Waals surface area contributed by atoms with Gasteiger partial charge >= 0.3 is 6.18 Å². The second-order valence-electron chi connectivity index (χ2n) is 7.57. The number of alkyl halides is 3. The van der Waals surface area contributed by atoms with Crippen LogP contribution in [0.2, 0.25) is 0 Å². The number of ether oxygens (including phenoxy) is 2. The first kappa shape index (κ1) is 24.2. The molecule has 0 saturated carbocycles. The predicted octanol–water partition coefficient (Wildman–Crippen LogP) is 5.01. The zero-order chi connectivity index (χ0) is 25.0. The molecule has 0 aliphatic carbocycles. The van der Waals surface area contributed by atoms with Crippen LogP contribution in [0.5, 0.6) is 11.5 Å². The molecule has 1 aliphatic rings. The fourth-order valence-electron chi connectivity index (χ4n) is 3.27. The molecule has 4 rings (SSSR count). The molecule has 6 bridgehead atoms. The van der Waals surface area contributed by atoms with Crippen LogP contribution in [0.1, 0.15) is 23.2 Å². The number of hydrogen-bond acceptors (Lipinski definition) is 6. The van der Waals surface area contributed by atoms with Crippen molar-refractivity contribution >= 4 is 17.5 Å². The van der Waals surface area contributed by atoms with Crippen molar-refractivity contribution < 1.29 is 36.2 Å². The lowest BCUT2D eigenvalue weighted by molar-refractivity contribution is -0.123. The number of fused-ring (bicyclic) bond motifs is 7. The lowest BCUT2D eigenvalue weighted by atomic mass is 10.1. The minimum Gasteiger partial charge on any atom is -0.493 e. The molecule has 2 N–H and O–H groups in total. The van der Waals surface area contributed by atoms with E-state index in [-0.39, 0.29) is 47.5 Å². The van der Waals surface area contributed by atoms with E-state index in [2.05, 4.69) is 15.3 Å². The van der Waals surface area contributed by atoms with Crippen LogP contribution in [0, 0.1) is 11.6 Å². The maximum Gasteiger partial charge on any atom is 0.405 e. The van der Waals surface area contributed by atoms with Gasteiger partial charge in [-0.25, -0.2) is 18.7 Å². The summed E-state index contributed by atoms with van der Waals surface area (Å²) in [5, 5.41) is 4.66. The summed E-state index contributed by atoms with van der Waals surface area (Å²) in [6.07, 6.45) is -2.74. The fraction of sp³-hybridized carbons (Fsp3) is 0.261. The van der Waals surface area contributed by atoms with Crippen LogP contribution >= 0.6 is 0 Å². The van der Waals surface area contributed by atoms with Crippen LogP contribution in [0.4, 0.5) is 33.6 Å². The van der Waals surface area contributed by atoms with Crippen molar-refractivity contribution in [2.45, 2.75) is 19.0 Å². The third-order valence-electron chi connectivity index (χ3n) is 4.93. The number of amides is 1. The second-order valence-corrected chi connectivity index (χ2v) is 7.57. The molecule has 0 fully saturated rings. The van der Waals surface area contributed by atoms with Crippen LogP contribution in [0.15, 0.2) is 42.6 Å². The third-order valence-corrected chi connectivity index (χ3v) is 4.93. The molecule has 1 aliphatic heterocycles. The number of anilines is 2. The summed E-state index contributed by atoms with van der Waals surface area (Å²) in [7, 11) is 0. The van der Waals surface area contributed by atoms with Crippen molar-refractivity contribution in [2.24, 2.45) is 0 Å². The maximum atomic E-state index is 14.5. The third kappa shape index (κ3) is 6.14. The van der Waals surface area contributed by atoms with E-state index in [1.807, 2.05) is 5.32 Å². The quantitative estimate of drug-likeness (QED) is 0.488. The summed E-state index contributed by atoms with van der Waals surface area (Å²) in [5.74, 6) is -2.38. The van der Waals surface area contributed by atoms with E-state index < -0.39 is 30.3 Å². The van der Waals surface area contributed by atoms with E-state index in [9.17, 15) is 26.7 Å². The normalized spacial score (nSPS) is 13.7. The Morgan fingerprint density at radius 2 is 1.74 bits per heavy atom.